The number of nitrogens with zero attached hydrogens (tertiary/aromatic N) is 2. The lowest BCUT2D eigenvalue weighted by Gasteiger charge is -2.34. The molecule has 2 aromatic carbocycles. The molecule has 1 saturated heterocycles. The first-order valence-electron chi connectivity index (χ1n) is 10.8. The first kappa shape index (κ1) is 23.6. The molecule has 1 fully saturated rings. The number of carbonyl (C=O) groups excluding carboxylic acids is 2. The molecule has 2 aromatic rings. The van der Waals surface area contributed by atoms with Crippen LogP contribution in [0, 0.1) is 0 Å². The van der Waals surface area contributed by atoms with Crippen molar-refractivity contribution in [2.45, 2.75) is 25.7 Å². The standard InChI is InChI=1S/C24H29Cl2N3O2/c25-13-2-1-3-23(30)27-22-10-6-20(7-11-22)24(31)29-17-15-28(16-18-29)14-12-19-4-8-21(26)9-5-19/h4-11H,1-3,12-18H2,(H,27,30). The number of amides is 2. The van der Waals surface area contributed by atoms with Crippen molar-refractivity contribution in [2.24, 2.45) is 0 Å². The number of carbonyl (C=O) groups is 2. The molecule has 0 aliphatic carbocycles. The maximum atomic E-state index is 12.8. The summed E-state index contributed by atoms with van der Waals surface area (Å²) in [4.78, 5) is 29.0. The molecule has 1 aliphatic heterocycles. The third-order valence-corrected chi connectivity index (χ3v) is 6.01. The largest absolute Gasteiger partial charge is 0.336 e. The van der Waals surface area contributed by atoms with Gasteiger partial charge in [0.1, 0.15) is 0 Å². The Morgan fingerprint density at radius 1 is 0.903 bits per heavy atom. The molecule has 1 aliphatic rings. The predicted molar refractivity (Wildman–Crippen MR) is 127 cm³/mol. The highest BCUT2D eigenvalue weighted by Gasteiger charge is 2.22. The van der Waals surface area contributed by atoms with Crippen molar-refractivity contribution in [3.8, 4) is 0 Å². The van der Waals surface area contributed by atoms with Crippen LogP contribution < -0.4 is 5.32 Å². The van der Waals surface area contributed by atoms with Crippen LogP contribution in [0.2, 0.25) is 5.02 Å². The fourth-order valence-corrected chi connectivity index (χ4v) is 3.91. The lowest BCUT2D eigenvalue weighted by Crippen LogP contribution is -2.49. The van der Waals surface area contributed by atoms with Gasteiger partial charge in [0.2, 0.25) is 5.91 Å². The maximum absolute atomic E-state index is 12.8. The van der Waals surface area contributed by atoms with Crippen molar-refractivity contribution in [3.05, 3.63) is 64.7 Å². The van der Waals surface area contributed by atoms with Crippen molar-refractivity contribution in [2.75, 3.05) is 43.9 Å². The van der Waals surface area contributed by atoms with Crippen molar-refractivity contribution < 1.29 is 9.59 Å². The first-order valence-corrected chi connectivity index (χ1v) is 11.7. The van der Waals surface area contributed by atoms with E-state index in [1.807, 2.05) is 17.0 Å². The van der Waals surface area contributed by atoms with Gasteiger partial charge in [-0.2, -0.15) is 0 Å². The summed E-state index contributed by atoms with van der Waals surface area (Å²) in [6.07, 6.45) is 3.04. The average molecular weight is 462 g/mol. The van der Waals surface area contributed by atoms with Gasteiger partial charge in [-0.05, 0) is 61.2 Å². The number of hydrogen-bond acceptors (Lipinski definition) is 3. The minimum Gasteiger partial charge on any atom is -0.336 e. The van der Waals surface area contributed by atoms with Gasteiger partial charge in [-0.3, -0.25) is 14.5 Å². The van der Waals surface area contributed by atoms with Gasteiger partial charge in [-0.15, -0.1) is 11.6 Å². The Morgan fingerprint density at radius 2 is 1.58 bits per heavy atom. The molecule has 0 spiro atoms. The van der Waals surface area contributed by atoms with Crippen molar-refractivity contribution in [1.82, 2.24) is 9.80 Å². The fraction of sp³-hybridized carbons (Fsp3) is 0.417. The van der Waals surface area contributed by atoms with Crippen LogP contribution in [0.15, 0.2) is 48.5 Å². The molecular weight excluding hydrogens is 433 g/mol. The highest BCUT2D eigenvalue weighted by atomic mass is 35.5. The van der Waals surface area contributed by atoms with E-state index in [0.29, 0.717) is 23.6 Å². The molecule has 7 heteroatoms. The van der Waals surface area contributed by atoms with Crippen molar-refractivity contribution in [3.63, 3.8) is 0 Å². The molecule has 1 N–H and O–H groups in total. The van der Waals surface area contributed by atoms with Crippen LogP contribution in [-0.4, -0.2) is 60.2 Å². The summed E-state index contributed by atoms with van der Waals surface area (Å²) in [5.74, 6) is 0.581. The van der Waals surface area contributed by atoms with E-state index in [2.05, 4.69) is 22.3 Å². The summed E-state index contributed by atoms with van der Waals surface area (Å²) >= 11 is 11.6. The summed E-state index contributed by atoms with van der Waals surface area (Å²) in [6, 6.07) is 15.1. The van der Waals surface area contributed by atoms with E-state index in [1.165, 1.54) is 5.56 Å². The Labute approximate surface area is 194 Å². The van der Waals surface area contributed by atoms with E-state index in [-0.39, 0.29) is 11.8 Å². The zero-order chi connectivity index (χ0) is 22.1. The number of halogens is 2. The second-order valence-electron chi connectivity index (χ2n) is 7.78. The van der Waals surface area contributed by atoms with E-state index >= 15 is 0 Å². The number of rotatable bonds is 9. The smallest absolute Gasteiger partial charge is 0.253 e. The molecular formula is C24H29Cl2N3O2. The van der Waals surface area contributed by atoms with Gasteiger partial charge in [-0.25, -0.2) is 0 Å². The van der Waals surface area contributed by atoms with Crippen molar-refractivity contribution >= 4 is 40.7 Å². The zero-order valence-electron chi connectivity index (χ0n) is 17.7. The molecule has 1 heterocycles. The number of alkyl halides is 1. The third kappa shape index (κ3) is 7.53. The second-order valence-corrected chi connectivity index (χ2v) is 8.60. The molecule has 0 aromatic heterocycles. The Hall–Kier alpha value is -2.08. The molecule has 2 amide bonds. The van der Waals surface area contributed by atoms with Gasteiger partial charge in [0.05, 0.1) is 0 Å². The van der Waals surface area contributed by atoms with Crippen LogP contribution in [0.1, 0.15) is 35.2 Å². The second kappa shape index (κ2) is 12.1. The summed E-state index contributed by atoms with van der Waals surface area (Å²) in [5.41, 5.74) is 2.63. The molecule has 166 valence electrons. The number of anilines is 1. The van der Waals surface area contributed by atoms with Gasteiger partial charge in [0.15, 0.2) is 0 Å². The lowest BCUT2D eigenvalue weighted by molar-refractivity contribution is -0.116. The normalized spacial score (nSPS) is 14.5. The number of hydrogen-bond donors (Lipinski definition) is 1. The van der Waals surface area contributed by atoms with E-state index in [9.17, 15) is 9.59 Å². The predicted octanol–water partition coefficient (Wildman–Crippen LogP) is 4.69. The van der Waals surface area contributed by atoms with Crippen LogP contribution in [0.5, 0.6) is 0 Å². The third-order valence-electron chi connectivity index (χ3n) is 5.49. The molecule has 0 unspecified atom stereocenters. The molecule has 5 nitrogen and oxygen atoms in total. The number of nitrogens with one attached hydrogen (secondary N) is 1. The molecule has 31 heavy (non-hydrogen) atoms. The Morgan fingerprint density at radius 3 is 2.23 bits per heavy atom. The van der Waals surface area contributed by atoms with Crippen LogP contribution in [0.3, 0.4) is 0 Å². The van der Waals surface area contributed by atoms with E-state index in [0.717, 1.165) is 57.0 Å². The van der Waals surface area contributed by atoms with E-state index < -0.39 is 0 Å². The van der Waals surface area contributed by atoms with Crippen LogP contribution in [0.4, 0.5) is 5.69 Å². The average Bonchev–Trinajstić information content (AvgIpc) is 2.79. The Bertz CT molecular complexity index is 848. The highest BCUT2D eigenvalue weighted by Crippen LogP contribution is 2.15. The SMILES string of the molecule is O=C(CCCCCl)Nc1ccc(C(=O)N2CCN(CCc3ccc(Cl)cc3)CC2)cc1. The molecule has 0 radical (unpaired) electrons. The monoisotopic (exact) mass is 461 g/mol. The van der Waals surface area contributed by atoms with Crippen LogP contribution in [-0.2, 0) is 11.2 Å². The quantitative estimate of drug-likeness (QED) is 0.435. The van der Waals surface area contributed by atoms with Gasteiger partial charge < -0.3 is 10.2 Å². The number of piperazine rings is 1. The molecule has 0 bridgehead atoms. The fourth-order valence-electron chi connectivity index (χ4n) is 3.60. The minimum atomic E-state index is -0.0288. The Kier molecular flexibility index (Phi) is 9.19. The maximum Gasteiger partial charge on any atom is 0.253 e. The summed E-state index contributed by atoms with van der Waals surface area (Å²) in [7, 11) is 0. The van der Waals surface area contributed by atoms with Crippen molar-refractivity contribution in [1.29, 1.82) is 0 Å². The van der Waals surface area contributed by atoms with Gasteiger partial charge >= 0.3 is 0 Å². The molecule has 0 atom stereocenters. The molecule has 0 saturated carbocycles. The minimum absolute atomic E-state index is 0.0288. The number of benzene rings is 2. The zero-order valence-corrected chi connectivity index (χ0v) is 19.2. The molecule has 3 rings (SSSR count). The topological polar surface area (TPSA) is 52.7 Å². The van der Waals surface area contributed by atoms with E-state index in [4.69, 9.17) is 23.2 Å². The van der Waals surface area contributed by atoms with Gasteiger partial charge in [0.25, 0.3) is 5.91 Å². The van der Waals surface area contributed by atoms with Gasteiger partial charge in [-0.1, -0.05) is 23.7 Å². The van der Waals surface area contributed by atoms with Gasteiger partial charge in [0, 0.05) is 61.3 Å². The summed E-state index contributed by atoms with van der Waals surface area (Å²) in [5, 5.41) is 3.62. The lowest BCUT2D eigenvalue weighted by atomic mass is 10.1. The Balaban J connectivity index is 1.42. The summed E-state index contributed by atoms with van der Waals surface area (Å²) < 4.78 is 0. The number of unbranched alkanes of at least 4 members (excludes halogenated alkanes) is 1. The van der Waals surface area contributed by atoms with Crippen LogP contribution in [0.25, 0.3) is 0 Å². The van der Waals surface area contributed by atoms with Crippen LogP contribution >= 0.6 is 23.2 Å². The van der Waals surface area contributed by atoms with E-state index in [1.54, 1.807) is 24.3 Å². The summed E-state index contributed by atoms with van der Waals surface area (Å²) in [6.45, 7) is 4.16. The highest BCUT2D eigenvalue weighted by molar-refractivity contribution is 6.30. The first-order chi connectivity index (χ1) is 15.0.